The first kappa shape index (κ1) is 16.8. The molecule has 0 saturated carbocycles. The van der Waals surface area contributed by atoms with Crippen molar-refractivity contribution < 1.29 is 0 Å². The minimum Gasteiger partial charge on any atom is -0.0622 e. The molecule has 134 valence electrons. The Labute approximate surface area is 166 Å². The molecule has 28 heavy (non-hydrogen) atoms. The van der Waals surface area contributed by atoms with E-state index < -0.39 is 0 Å². The minimum absolute atomic E-state index is 0.957. The van der Waals surface area contributed by atoms with Crippen LogP contribution in [0.4, 0.5) is 0 Å². The molecular weight excluding hydrogens is 336 g/mol. The standard InChI is InChI=1S/C28H22/c1-3-9-21(10-4-1)17-25-15-16-26-19-23-13-7-8-14-24(23)20-28(26)27(25)18-22-11-5-2-6-12-22/h1-16,19-20H,17-18H2. The van der Waals surface area contributed by atoms with Crippen molar-refractivity contribution in [1.29, 1.82) is 0 Å². The van der Waals surface area contributed by atoms with Gasteiger partial charge in [0.2, 0.25) is 0 Å². The first-order valence-electron chi connectivity index (χ1n) is 9.88. The highest BCUT2D eigenvalue weighted by molar-refractivity contribution is 6.00. The van der Waals surface area contributed by atoms with Gasteiger partial charge in [0.05, 0.1) is 0 Å². The fourth-order valence-electron chi connectivity index (χ4n) is 4.11. The smallest absolute Gasteiger partial charge is 0.00168 e. The summed E-state index contributed by atoms with van der Waals surface area (Å²) in [5.74, 6) is 0. The van der Waals surface area contributed by atoms with Crippen LogP contribution in [-0.2, 0) is 12.8 Å². The highest BCUT2D eigenvalue weighted by Crippen LogP contribution is 2.30. The largest absolute Gasteiger partial charge is 0.0622 e. The van der Waals surface area contributed by atoms with Gasteiger partial charge in [-0.05, 0) is 68.8 Å². The van der Waals surface area contributed by atoms with Crippen LogP contribution in [0, 0.1) is 0 Å². The molecule has 0 aliphatic heterocycles. The third-order valence-corrected chi connectivity index (χ3v) is 5.56. The van der Waals surface area contributed by atoms with Crippen LogP contribution in [0.3, 0.4) is 0 Å². The number of hydrogen-bond acceptors (Lipinski definition) is 0. The summed E-state index contributed by atoms with van der Waals surface area (Å²) >= 11 is 0. The molecule has 0 heterocycles. The zero-order valence-corrected chi connectivity index (χ0v) is 15.8. The molecule has 0 unspecified atom stereocenters. The van der Waals surface area contributed by atoms with Gasteiger partial charge in [-0.25, -0.2) is 0 Å². The van der Waals surface area contributed by atoms with Crippen molar-refractivity contribution >= 4 is 21.5 Å². The summed E-state index contributed by atoms with van der Waals surface area (Å²) in [6.45, 7) is 0. The Balaban J connectivity index is 1.71. The molecule has 0 N–H and O–H groups in total. The van der Waals surface area contributed by atoms with Crippen molar-refractivity contribution in [2.45, 2.75) is 12.8 Å². The maximum absolute atomic E-state index is 2.37. The molecule has 5 rings (SSSR count). The van der Waals surface area contributed by atoms with Gasteiger partial charge in [-0.3, -0.25) is 0 Å². The highest BCUT2D eigenvalue weighted by Gasteiger charge is 2.11. The van der Waals surface area contributed by atoms with E-state index in [-0.39, 0.29) is 0 Å². The fraction of sp³-hybridized carbons (Fsp3) is 0.0714. The molecule has 0 spiro atoms. The van der Waals surface area contributed by atoms with E-state index in [9.17, 15) is 0 Å². The Kier molecular flexibility index (Phi) is 4.39. The predicted octanol–water partition coefficient (Wildman–Crippen LogP) is 7.17. The number of fused-ring (bicyclic) bond motifs is 2. The molecule has 5 aromatic carbocycles. The van der Waals surface area contributed by atoms with Gasteiger partial charge in [0.1, 0.15) is 0 Å². The van der Waals surface area contributed by atoms with Crippen molar-refractivity contribution in [3.8, 4) is 0 Å². The first-order chi connectivity index (χ1) is 13.9. The van der Waals surface area contributed by atoms with E-state index in [1.807, 2.05) is 0 Å². The molecule has 5 aromatic rings. The van der Waals surface area contributed by atoms with Crippen LogP contribution in [0.2, 0.25) is 0 Å². The van der Waals surface area contributed by atoms with Crippen LogP contribution in [0.1, 0.15) is 22.3 Å². The van der Waals surface area contributed by atoms with Crippen molar-refractivity contribution in [3.05, 3.63) is 131 Å². The second-order valence-corrected chi connectivity index (χ2v) is 7.45. The molecule has 0 nitrogen and oxygen atoms in total. The van der Waals surface area contributed by atoms with Gasteiger partial charge in [0.25, 0.3) is 0 Å². The lowest BCUT2D eigenvalue weighted by Gasteiger charge is -2.15. The van der Waals surface area contributed by atoms with E-state index in [2.05, 4.69) is 109 Å². The number of hydrogen-bond donors (Lipinski definition) is 0. The Bertz CT molecular complexity index is 1230. The SMILES string of the molecule is c1ccc(Cc2ccc3cc4ccccc4cc3c2Cc2ccccc2)cc1. The van der Waals surface area contributed by atoms with Gasteiger partial charge in [0.15, 0.2) is 0 Å². The maximum Gasteiger partial charge on any atom is -0.00168 e. The summed E-state index contributed by atoms with van der Waals surface area (Å²) in [6, 6.07) is 39.5. The van der Waals surface area contributed by atoms with Crippen LogP contribution < -0.4 is 0 Å². The Morgan fingerprint density at radius 3 is 1.68 bits per heavy atom. The third kappa shape index (κ3) is 3.30. The quantitative estimate of drug-likeness (QED) is 0.299. The van der Waals surface area contributed by atoms with E-state index in [4.69, 9.17) is 0 Å². The minimum atomic E-state index is 0.957. The number of benzene rings is 5. The number of rotatable bonds is 4. The maximum atomic E-state index is 2.37. The Morgan fingerprint density at radius 2 is 1.00 bits per heavy atom. The van der Waals surface area contributed by atoms with Gasteiger partial charge in [-0.2, -0.15) is 0 Å². The van der Waals surface area contributed by atoms with Crippen LogP contribution in [0.5, 0.6) is 0 Å². The highest BCUT2D eigenvalue weighted by atomic mass is 14.1. The van der Waals surface area contributed by atoms with Crippen molar-refractivity contribution in [3.63, 3.8) is 0 Å². The van der Waals surface area contributed by atoms with Gasteiger partial charge >= 0.3 is 0 Å². The monoisotopic (exact) mass is 358 g/mol. The van der Waals surface area contributed by atoms with E-state index in [0.717, 1.165) is 12.8 Å². The van der Waals surface area contributed by atoms with Crippen LogP contribution >= 0.6 is 0 Å². The Morgan fingerprint density at radius 1 is 0.429 bits per heavy atom. The van der Waals surface area contributed by atoms with Gasteiger partial charge < -0.3 is 0 Å². The molecule has 0 amide bonds. The van der Waals surface area contributed by atoms with Crippen LogP contribution in [0.25, 0.3) is 21.5 Å². The zero-order valence-electron chi connectivity index (χ0n) is 15.8. The molecule has 0 aromatic heterocycles. The van der Waals surface area contributed by atoms with E-state index >= 15 is 0 Å². The molecule has 0 bridgehead atoms. The molecule has 0 radical (unpaired) electrons. The predicted molar refractivity (Wildman–Crippen MR) is 120 cm³/mol. The second-order valence-electron chi connectivity index (χ2n) is 7.45. The average molecular weight is 358 g/mol. The summed E-state index contributed by atoms with van der Waals surface area (Å²) in [5.41, 5.74) is 5.57. The van der Waals surface area contributed by atoms with Crippen LogP contribution in [0.15, 0.2) is 109 Å². The lowest BCUT2D eigenvalue weighted by molar-refractivity contribution is 1.11. The second kappa shape index (κ2) is 7.32. The molecule has 0 atom stereocenters. The normalized spacial score (nSPS) is 11.1. The van der Waals surface area contributed by atoms with Crippen molar-refractivity contribution in [2.75, 3.05) is 0 Å². The van der Waals surface area contributed by atoms with E-state index in [1.54, 1.807) is 0 Å². The molecular formula is C28H22. The third-order valence-electron chi connectivity index (χ3n) is 5.56. The van der Waals surface area contributed by atoms with E-state index in [0.29, 0.717) is 0 Å². The van der Waals surface area contributed by atoms with Gasteiger partial charge in [0, 0.05) is 0 Å². The summed E-state index contributed by atoms with van der Waals surface area (Å²) in [4.78, 5) is 0. The average Bonchev–Trinajstić information content (AvgIpc) is 2.76. The fourth-order valence-corrected chi connectivity index (χ4v) is 4.11. The summed E-state index contributed by atoms with van der Waals surface area (Å²) < 4.78 is 0. The Hall–Kier alpha value is -3.38. The topological polar surface area (TPSA) is 0 Å². The first-order valence-corrected chi connectivity index (χ1v) is 9.88. The van der Waals surface area contributed by atoms with Gasteiger partial charge in [-0.1, -0.05) is 97.1 Å². The zero-order chi connectivity index (χ0) is 18.8. The molecule has 0 aliphatic carbocycles. The van der Waals surface area contributed by atoms with Crippen molar-refractivity contribution in [2.24, 2.45) is 0 Å². The lowest BCUT2D eigenvalue weighted by Crippen LogP contribution is -1.99. The summed E-state index contributed by atoms with van der Waals surface area (Å²) in [5, 5.41) is 5.30. The molecule has 0 fully saturated rings. The van der Waals surface area contributed by atoms with E-state index in [1.165, 1.54) is 43.8 Å². The molecule has 0 aliphatic rings. The van der Waals surface area contributed by atoms with Crippen molar-refractivity contribution in [1.82, 2.24) is 0 Å². The molecule has 0 saturated heterocycles. The van der Waals surface area contributed by atoms with Gasteiger partial charge in [-0.15, -0.1) is 0 Å². The summed E-state index contributed by atoms with van der Waals surface area (Å²) in [7, 11) is 0. The van der Waals surface area contributed by atoms with Crippen LogP contribution in [-0.4, -0.2) is 0 Å². The summed E-state index contributed by atoms with van der Waals surface area (Å²) in [6.07, 6.45) is 1.92. The molecule has 0 heteroatoms. The lowest BCUT2D eigenvalue weighted by atomic mass is 9.89.